The van der Waals surface area contributed by atoms with Crippen molar-refractivity contribution in [2.75, 3.05) is 63.6 Å². The standard InChI is InChI=1S/C23H32N4O2/c1-26-15-17-27(18-16-26)21-9-7-20(8-10-21)25-23(28)12-14-24-13-11-19-5-3-4-6-22(19)29-2/h3-10,24H,11-18H2,1-2H3,(H,25,28). The van der Waals surface area contributed by atoms with Gasteiger partial charge in [0.1, 0.15) is 5.75 Å². The summed E-state index contributed by atoms with van der Waals surface area (Å²) in [5, 5.41) is 6.31. The van der Waals surface area contributed by atoms with Crippen molar-refractivity contribution in [2.24, 2.45) is 0 Å². The molecule has 6 heteroatoms. The average Bonchev–Trinajstić information content (AvgIpc) is 2.75. The third-order valence-electron chi connectivity index (χ3n) is 5.31. The fourth-order valence-electron chi connectivity index (χ4n) is 3.50. The molecule has 1 amide bonds. The third kappa shape index (κ3) is 6.48. The number of likely N-dealkylation sites (N-methyl/N-ethyl adjacent to an activating group) is 1. The van der Waals surface area contributed by atoms with Gasteiger partial charge in [0.2, 0.25) is 5.91 Å². The number of benzene rings is 2. The molecule has 6 nitrogen and oxygen atoms in total. The summed E-state index contributed by atoms with van der Waals surface area (Å²) >= 11 is 0. The summed E-state index contributed by atoms with van der Waals surface area (Å²) in [6, 6.07) is 16.2. The van der Waals surface area contributed by atoms with E-state index in [1.807, 2.05) is 30.3 Å². The largest absolute Gasteiger partial charge is 0.496 e. The van der Waals surface area contributed by atoms with Crippen molar-refractivity contribution in [3.8, 4) is 5.75 Å². The second kappa shape index (κ2) is 10.8. The molecule has 2 aromatic rings. The Hall–Kier alpha value is -2.57. The zero-order valence-corrected chi connectivity index (χ0v) is 17.5. The van der Waals surface area contributed by atoms with Crippen LogP contribution in [0.4, 0.5) is 11.4 Å². The van der Waals surface area contributed by atoms with Crippen LogP contribution in [0.5, 0.6) is 5.75 Å². The van der Waals surface area contributed by atoms with Crippen molar-refractivity contribution in [3.05, 3.63) is 54.1 Å². The highest BCUT2D eigenvalue weighted by Crippen LogP contribution is 2.19. The van der Waals surface area contributed by atoms with Gasteiger partial charge in [-0.25, -0.2) is 0 Å². The van der Waals surface area contributed by atoms with Gasteiger partial charge in [0.25, 0.3) is 0 Å². The molecular weight excluding hydrogens is 364 g/mol. The number of amides is 1. The van der Waals surface area contributed by atoms with Gasteiger partial charge in [-0.15, -0.1) is 0 Å². The van der Waals surface area contributed by atoms with Crippen LogP contribution in [0.3, 0.4) is 0 Å². The van der Waals surface area contributed by atoms with Gasteiger partial charge in [-0.2, -0.15) is 0 Å². The molecule has 0 saturated carbocycles. The van der Waals surface area contributed by atoms with Crippen LogP contribution in [0.15, 0.2) is 48.5 Å². The Labute approximate surface area is 173 Å². The predicted octanol–water partition coefficient (Wildman–Crippen LogP) is 2.61. The topological polar surface area (TPSA) is 56.8 Å². The minimum atomic E-state index is 0.0298. The Kier molecular flexibility index (Phi) is 7.90. The molecule has 156 valence electrons. The fraction of sp³-hybridized carbons (Fsp3) is 0.435. The minimum Gasteiger partial charge on any atom is -0.496 e. The summed E-state index contributed by atoms with van der Waals surface area (Å²) in [7, 11) is 3.84. The fourth-order valence-corrected chi connectivity index (χ4v) is 3.50. The molecule has 2 aromatic carbocycles. The summed E-state index contributed by atoms with van der Waals surface area (Å²) in [5.74, 6) is 0.939. The van der Waals surface area contributed by atoms with E-state index in [0.29, 0.717) is 13.0 Å². The molecule has 1 saturated heterocycles. The Morgan fingerprint density at radius 2 is 1.72 bits per heavy atom. The third-order valence-corrected chi connectivity index (χ3v) is 5.31. The number of nitrogens with zero attached hydrogens (tertiary/aromatic N) is 2. The highest BCUT2D eigenvalue weighted by molar-refractivity contribution is 5.91. The number of nitrogens with one attached hydrogen (secondary N) is 2. The smallest absolute Gasteiger partial charge is 0.225 e. The number of rotatable bonds is 9. The second-order valence-corrected chi connectivity index (χ2v) is 7.45. The number of para-hydroxylation sites is 1. The van der Waals surface area contributed by atoms with Gasteiger partial charge in [-0.3, -0.25) is 4.79 Å². The lowest BCUT2D eigenvalue weighted by atomic mass is 10.1. The van der Waals surface area contributed by atoms with Crippen molar-refractivity contribution in [1.29, 1.82) is 0 Å². The molecule has 0 aliphatic carbocycles. The van der Waals surface area contributed by atoms with Crippen molar-refractivity contribution in [2.45, 2.75) is 12.8 Å². The van der Waals surface area contributed by atoms with Gasteiger partial charge < -0.3 is 25.2 Å². The van der Waals surface area contributed by atoms with Crippen LogP contribution in [0.25, 0.3) is 0 Å². The first-order chi connectivity index (χ1) is 14.2. The van der Waals surface area contributed by atoms with Crippen molar-refractivity contribution in [1.82, 2.24) is 10.2 Å². The first kappa shape index (κ1) is 21.1. The van der Waals surface area contributed by atoms with Crippen molar-refractivity contribution >= 4 is 17.3 Å². The number of carbonyl (C=O) groups excluding carboxylic acids is 1. The van der Waals surface area contributed by atoms with Crippen molar-refractivity contribution < 1.29 is 9.53 Å². The van der Waals surface area contributed by atoms with Gasteiger partial charge in [0.05, 0.1) is 7.11 Å². The minimum absolute atomic E-state index is 0.0298. The molecule has 0 unspecified atom stereocenters. The van der Waals surface area contributed by atoms with Crippen molar-refractivity contribution in [3.63, 3.8) is 0 Å². The molecule has 0 spiro atoms. The van der Waals surface area contributed by atoms with Crippen LogP contribution in [-0.2, 0) is 11.2 Å². The highest BCUT2D eigenvalue weighted by Gasteiger charge is 2.14. The molecule has 1 aliphatic rings. The van der Waals surface area contributed by atoms with Gasteiger partial charge >= 0.3 is 0 Å². The summed E-state index contributed by atoms with van der Waals surface area (Å²) in [6.07, 6.45) is 1.32. The Morgan fingerprint density at radius 1 is 1.00 bits per heavy atom. The monoisotopic (exact) mass is 396 g/mol. The van der Waals surface area contributed by atoms with Crippen LogP contribution < -0.4 is 20.3 Å². The van der Waals surface area contributed by atoms with E-state index < -0.39 is 0 Å². The first-order valence-corrected chi connectivity index (χ1v) is 10.3. The summed E-state index contributed by atoms with van der Waals surface area (Å²) in [4.78, 5) is 16.9. The number of carbonyl (C=O) groups is 1. The molecule has 1 aliphatic heterocycles. The van der Waals surface area contributed by atoms with Gasteiger partial charge in [0.15, 0.2) is 0 Å². The van der Waals surface area contributed by atoms with E-state index in [2.05, 4.69) is 45.7 Å². The lowest BCUT2D eigenvalue weighted by Crippen LogP contribution is -2.44. The van der Waals surface area contributed by atoms with Gasteiger partial charge in [-0.05, 0) is 55.9 Å². The Balaban J connectivity index is 1.35. The first-order valence-electron chi connectivity index (χ1n) is 10.3. The van der Waals surface area contributed by atoms with Gasteiger partial charge in [0, 0.05) is 50.5 Å². The van der Waals surface area contributed by atoms with Gasteiger partial charge in [-0.1, -0.05) is 18.2 Å². The maximum atomic E-state index is 12.2. The number of hydrogen-bond donors (Lipinski definition) is 2. The van der Waals surface area contributed by atoms with Crippen LogP contribution in [-0.4, -0.2) is 64.2 Å². The molecular formula is C23H32N4O2. The quantitative estimate of drug-likeness (QED) is 0.638. The highest BCUT2D eigenvalue weighted by atomic mass is 16.5. The summed E-state index contributed by atoms with van der Waals surface area (Å²) in [5.41, 5.74) is 3.24. The molecule has 1 heterocycles. The zero-order chi connectivity index (χ0) is 20.5. The van der Waals surface area contributed by atoms with E-state index >= 15 is 0 Å². The molecule has 0 aromatic heterocycles. The van der Waals surface area contributed by atoms with Crippen LogP contribution in [0.1, 0.15) is 12.0 Å². The van der Waals surface area contributed by atoms with E-state index in [1.165, 1.54) is 11.3 Å². The number of ether oxygens (including phenoxy) is 1. The van der Waals surface area contributed by atoms with E-state index in [0.717, 1.165) is 50.6 Å². The van der Waals surface area contributed by atoms with E-state index in [-0.39, 0.29) is 5.91 Å². The molecule has 1 fully saturated rings. The maximum absolute atomic E-state index is 12.2. The number of anilines is 2. The maximum Gasteiger partial charge on any atom is 0.225 e. The lowest BCUT2D eigenvalue weighted by Gasteiger charge is -2.34. The molecule has 0 bridgehead atoms. The molecule has 0 atom stereocenters. The molecule has 2 N–H and O–H groups in total. The number of methoxy groups -OCH3 is 1. The lowest BCUT2D eigenvalue weighted by molar-refractivity contribution is -0.116. The molecule has 29 heavy (non-hydrogen) atoms. The zero-order valence-electron chi connectivity index (χ0n) is 17.5. The van der Waals surface area contributed by atoms with Crippen LogP contribution in [0.2, 0.25) is 0 Å². The van der Waals surface area contributed by atoms with E-state index in [4.69, 9.17) is 4.74 Å². The van der Waals surface area contributed by atoms with E-state index in [9.17, 15) is 4.79 Å². The molecule has 3 rings (SSSR count). The van der Waals surface area contributed by atoms with Crippen LogP contribution >= 0.6 is 0 Å². The average molecular weight is 397 g/mol. The number of hydrogen-bond acceptors (Lipinski definition) is 5. The summed E-state index contributed by atoms with van der Waals surface area (Å²) in [6.45, 7) is 5.73. The normalized spacial score (nSPS) is 14.6. The Bertz CT molecular complexity index is 771. The molecule has 0 radical (unpaired) electrons. The second-order valence-electron chi connectivity index (χ2n) is 7.45. The SMILES string of the molecule is COc1ccccc1CCNCCC(=O)Nc1ccc(N2CCN(C)CC2)cc1. The van der Waals surface area contributed by atoms with Crippen LogP contribution in [0, 0.1) is 0 Å². The Morgan fingerprint density at radius 3 is 2.45 bits per heavy atom. The van der Waals surface area contributed by atoms with E-state index in [1.54, 1.807) is 7.11 Å². The summed E-state index contributed by atoms with van der Waals surface area (Å²) < 4.78 is 5.36. The predicted molar refractivity (Wildman–Crippen MR) is 119 cm³/mol. The number of piperazine rings is 1.